The fourth-order valence-corrected chi connectivity index (χ4v) is 2.76. The van der Waals surface area contributed by atoms with Crippen molar-refractivity contribution in [3.8, 4) is 0 Å². The summed E-state index contributed by atoms with van der Waals surface area (Å²) < 4.78 is 22.1. The zero-order valence-electron chi connectivity index (χ0n) is 9.71. The lowest BCUT2D eigenvalue weighted by molar-refractivity contribution is -0.181. The molecule has 0 amide bonds. The third-order valence-electron chi connectivity index (χ3n) is 3.43. The Morgan fingerprint density at radius 1 is 1.59 bits per heavy atom. The Labute approximate surface area is 99.0 Å². The van der Waals surface area contributed by atoms with E-state index in [0.29, 0.717) is 6.61 Å². The second-order valence-corrected chi connectivity index (χ2v) is 4.31. The number of ether oxygens (including phenoxy) is 4. The van der Waals surface area contributed by atoms with Gasteiger partial charge < -0.3 is 18.9 Å². The zero-order valence-corrected chi connectivity index (χ0v) is 9.71. The molecule has 1 saturated heterocycles. The molecule has 1 aliphatic carbocycles. The van der Waals surface area contributed by atoms with Gasteiger partial charge in [0.1, 0.15) is 6.10 Å². The quantitative estimate of drug-likeness (QED) is 0.658. The molecular formula is C12H14O5. The Morgan fingerprint density at radius 3 is 3.12 bits per heavy atom. The van der Waals surface area contributed by atoms with Crippen LogP contribution in [0.15, 0.2) is 23.8 Å². The van der Waals surface area contributed by atoms with Crippen LogP contribution in [0.4, 0.5) is 0 Å². The Kier molecular flexibility index (Phi) is 2.36. The van der Waals surface area contributed by atoms with Crippen molar-refractivity contribution in [2.24, 2.45) is 0 Å². The smallest absolute Gasteiger partial charge is 0.303 e. The predicted molar refractivity (Wildman–Crippen MR) is 57.1 cm³/mol. The SMILES string of the molecule is CO[C@@H]1OC2C=CC3=CCO[C@]32[C@H]1OC(C)=O. The first kappa shape index (κ1) is 11.0. The van der Waals surface area contributed by atoms with E-state index in [4.69, 9.17) is 18.9 Å². The van der Waals surface area contributed by atoms with Crippen LogP contribution >= 0.6 is 0 Å². The van der Waals surface area contributed by atoms with E-state index < -0.39 is 18.0 Å². The molecule has 5 heteroatoms. The summed E-state index contributed by atoms with van der Waals surface area (Å²) in [5.41, 5.74) is 0.306. The molecule has 92 valence electrons. The standard InChI is InChI=1S/C12H14O5/c1-7(13)16-10-11(14-2)17-9-4-3-8-5-6-15-12(8,9)10/h3-5,9-11H,6H2,1-2H3/t9?,10-,11+,12+/m0/s1. The maximum absolute atomic E-state index is 11.2. The Morgan fingerprint density at radius 2 is 2.41 bits per heavy atom. The molecule has 2 aliphatic heterocycles. The first-order valence-electron chi connectivity index (χ1n) is 5.57. The van der Waals surface area contributed by atoms with E-state index in [2.05, 4.69) is 0 Å². The van der Waals surface area contributed by atoms with Crippen LogP contribution in [0, 0.1) is 0 Å². The fraction of sp³-hybridized carbons (Fsp3) is 0.583. The van der Waals surface area contributed by atoms with Crippen molar-refractivity contribution in [1.82, 2.24) is 0 Å². The van der Waals surface area contributed by atoms with E-state index in [1.807, 2.05) is 18.2 Å². The molecule has 0 aromatic carbocycles. The first-order valence-corrected chi connectivity index (χ1v) is 5.57. The summed E-state index contributed by atoms with van der Waals surface area (Å²) in [6.07, 6.45) is 4.47. The molecule has 0 bridgehead atoms. The van der Waals surface area contributed by atoms with Gasteiger partial charge in [-0.15, -0.1) is 0 Å². The molecule has 0 aromatic rings. The molecule has 5 nitrogen and oxygen atoms in total. The lowest BCUT2D eigenvalue weighted by atomic mass is 9.90. The van der Waals surface area contributed by atoms with Gasteiger partial charge in [-0.2, -0.15) is 0 Å². The lowest BCUT2D eigenvalue weighted by Gasteiger charge is -2.31. The van der Waals surface area contributed by atoms with Crippen molar-refractivity contribution in [2.75, 3.05) is 13.7 Å². The number of methoxy groups -OCH3 is 1. The van der Waals surface area contributed by atoms with Gasteiger partial charge in [0, 0.05) is 14.0 Å². The molecule has 2 heterocycles. The number of esters is 1. The number of carbonyl (C=O) groups is 1. The highest BCUT2D eigenvalue weighted by molar-refractivity contribution is 5.67. The average Bonchev–Trinajstić information content (AvgIpc) is 2.88. The maximum atomic E-state index is 11.2. The van der Waals surface area contributed by atoms with Crippen LogP contribution in [0.5, 0.6) is 0 Å². The van der Waals surface area contributed by atoms with Crippen molar-refractivity contribution in [3.63, 3.8) is 0 Å². The maximum Gasteiger partial charge on any atom is 0.303 e. The number of carbonyl (C=O) groups excluding carboxylic acids is 1. The van der Waals surface area contributed by atoms with Crippen LogP contribution in [0.25, 0.3) is 0 Å². The van der Waals surface area contributed by atoms with Gasteiger partial charge in [-0.05, 0) is 5.57 Å². The number of hydrogen-bond acceptors (Lipinski definition) is 5. The molecule has 0 radical (unpaired) electrons. The third kappa shape index (κ3) is 1.33. The third-order valence-corrected chi connectivity index (χ3v) is 3.43. The molecular weight excluding hydrogens is 224 g/mol. The summed E-state index contributed by atoms with van der Waals surface area (Å²) in [7, 11) is 1.53. The van der Waals surface area contributed by atoms with E-state index in [1.165, 1.54) is 14.0 Å². The van der Waals surface area contributed by atoms with Crippen molar-refractivity contribution in [3.05, 3.63) is 23.8 Å². The van der Waals surface area contributed by atoms with Gasteiger partial charge in [0.15, 0.2) is 18.0 Å². The van der Waals surface area contributed by atoms with Gasteiger partial charge >= 0.3 is 5.97 Å². The molecule has 0 saturated carbocycles. The Hall–Kier alpha value is -1.17. The van der Waals surface area contributed by atoms with Crippen molar-refractivity contribution < 1.29 is 23.7 Å². The van der Waals surface area contributed by atoms with E-state index in [0.717, 1.165) is 5.57 Å². The lowest BCUT2D eigenvalue weighted by Crippen LogP contribution is -2.49. The zero-order chi connectivity index (χ0) is 12.0. The van der Waals surface area contributed by atoms with Crippen LogP contribution in [-0.4, -0.2) is 43.8 Å². The minimum absolute atomic E-state index is 0.245. The minimum atomic E-state index is -0.702. The summed E-state index contributed by atoms with van der Waals surface area (Å²) >= 11 is 0. The molecule has 17 heavy (non-hydrogen) atoms. The van der Waals surface area contributed by atoms with Crippen LogP contribution in [-0.2, 0) is 23.7 Å². The molecule has 1 spiro atoms. The topological polar surface area (TPSA) is 54.0 Å². The number of hydrogen-bond donors (Lipinski definition) is 0. The van der Waals surface area contributed by atoms with E-state index in [9.17, 15) is 4.79 Å². The van der Waals surface area contributed by atoms with Crippen molar-refractivity contribution in [2.45, 2.75) is 31.0 Å². The van der Waals surface area contributed by atoms with Gasteiger partial charge in [-0.3, -0.25) is 4.79 Å². The van der Waals surface area contributed by atoms with Crippen molar-refractivity contribution in [1.29, 1.82) is 0 Å². The van der Waals surface area contributed by atoms with Crippen LogP contribution in [0.2, 0.25) is 0 Å². The van der Waals surface area contributed by atoms with E-state index in [-0.39, 0.29) is 12.1 Å². The second kappa shape index (κ2) is 3.66. The summed E-state index contributed by atoms with van der Waals surface area (Å²) in [5, 5.41) is 0. The summed E-state index contributed by atoms with van der Waals surface area (Å²) in [4.78, 5) is 11.2. The second-order valence-electron chi connectivity index (χ2n) is 4.31. The van der Waals surface area contributed by atoms with Gasteiger partial charge in [0.25, 0.3) is 0 Å². The van der Waals surface area contributed by atoms with E-state index in [1.54, 1.807) is 0 Å². The predicted octanol–water partition coefficient (Wildman–Crippen LogP) is 0.555. The van der Waals surface area contributed by atoms with Gasteiger partial charge in [0.05, 0.1) is 6.61 Å². The first-order chi connectivity index (χ1) is 8.18. The molecule has 4 atom stereocenters. The Bertz CT molecular complexity index is 413. The van der Waals surface area contributed by atoms with E-state index >= 15 is 0 Å². The van der Waals surface area contributed by atoms with Crippen LogP contribution in [0.1, 0.15) is 6.92 Å². The molecule has 1 unspecified atom stereocenters. The highest BCUT2D eigenvalue weighted by Gasteiger charge is 2.64. The monoisotopic (exact) mass is 238 g/mol. The van der Waals surface area contributed by atoms with Gasteiger partial charge in [-0.25, -0.2) is 0 Å². The van der Waals surface area contributed by atoms with Crippen molar-refractivity contribution >= 4 is 5.97 Å². The minimum Gasteiger partial charge on any atom is -0.453 e. The average molecular weight is 238 g/mol. The Balaban J connectivity index is 1.98. The molecule has 0 N–H and O–H groups in total. The highest BCUT2D eigenvalue weighted by atomic mass is 16.7. The summed E-state index contributed by atoms with van der Waals surface area (Å²) in [6.45, 7) is 1.88. The molecule has 0 aromatic heterocycles. The normalized spacial score (nSPS) is 42.2. The summed E-state index contributed by atoms with van der Waals surface area (Å²) in [6, 6.07) is 0. The van der Waals surface area contributed by atoms with Crippen LogP contribution < -0.4 is 0 Å². The molecule has 1 fully saturated rings. The largest absolute Gasteiger partial charge is 0.453 e. The van der Waals surface area contributed by atoms with Gasteiger partial charge in [0.2, 0.25) is 0 Å². The highest BCUT2D eigenvalue weighted by Crippen LogP contribution is 2.49. The van der Waals surface area contributed by atoms with Gasteiger partial charge in [-0.1, -0.05) is 18.2 Å². The summed E-state index contributed by atoms with van der Waals surface area (Å²) in [5.74, 6) is -0.363. The molecule has 3 aliphatic rings. The van der Waals surface area contributed by atoms with Crippen LogP contribution in [0.3, 0.4) is 0 Å². The number of rotatable bonds is 2. The fourth-order valence-electron chi connectivity index (χ4n) is 2.76. The molecule has 3 rings (SSSR count).